The fourth-order valence-electron chi connectivity index (χ4n) is 5.42. The molecule has 0 amide bonds. The number of ether oxygens (including phenoxy) is 2. The predicted octanol–water partition coefficient (Wildman–Crippen LogP) is 2.19. The van der Waals surface area contributed by atoms with Gasteiger partial charge < -0.3 is 19.7 Å². The molecule has 6 nitrogen and oxygen atoms in total. The second-order valence-electron chi connectivity index (χ2n) is 8.69. The lowest BCUT2D eigenvalue weighted by molar-refractivity contribution is -0.0818. The molecule has 1 N–H and O–H groups in total. The first-order valence-corrected chi connectivity index (χ1v) is 12.5. The fourth-order valence-corrected chi connectivity index (χ4v) is 6.32. The molecule has 3 aliphatic heterocycles. The summed E-state index contributed by atoms with van der Waals surface area (Å²) in [5.41, 5.74) is 0.315. The third-order valence-electron chi connectivity index (χ3n) is 7.03. The van der Waals surface area contributed by atoms with E-state index < -0.39 is 0 Å². The summed E-state index contributed by atoms with van der Waals surface area (Å²) in [6.45, 7) is 6.95. The van der Waals surface area contributed by atoms with Gasteiger partial charge in [0.05, 0.1) is 12.7 Å². The van der Waals surface area contributed by atoms with Crippen molar-refractivity contribution < 1.29 is 9.47 Å². The maximum atomic E-state index is 6.04. The molecular weight excluding hydrogens is 372 g/mol. The standard InChI is InChI=1S/C21H38N4O2S/c1-22-20(24-9-13-27-19(16-24)18-6-5-12-26-18)23-17-21(7-3-2-4-8-21)25-10-14-28-15-11-25/h18-19H,2-17H2,1H3,(H,22,23). The molecule has 0 aromatic heterocycles. The van der Waals surface area contributed by atoms with Crippen LogP contribution in [0.3, 0.4) is 0 Å². The number of nitrogens with zero attached hydrogens (tertiary/aromatic N) is 3. The van der Waals surface area contributed by atoms with Gasteiger partial charge in [-0.15, -0.1) is 0 Å². The summed E-state index contributed by atoms with van der Waals surface area (Å²) >= 11 is 2.11. The molecule has 0 radical (unpaired) electrons. The van der Waals surface area contributed by atoms with Gasteiger partial charge in [-0.3, -0.25) is 9.89 Å². The van der Waals surface area contributed by atoms with Gasteiger partial charge in [0.2, 0.25) is 0 Å². The lowest BCUT2D eigenvalue weighted by Gasteiger charge is -2.49. The quantitative estimate of drug-likeness (QED) is 0.566. The van der Waals surface area contributed by atoms with E-state index in [2.05, 4.69) is 31.9 Å². The maximum Gasteiger partial charge on any atom is 0.193 e. The summed E-state index contributed by atoms with van der Waals surface area (Å²) in [7, 11) is 1.92. The lowest BCUT2D eigenvalue weighted by Crippen LogP contribution is -2.61. The van der Waals surface area contributed by atoms with Gasteiger partial charge >= 0.3 is 0 Å². The summed E-state index contributed by atoms with van der Waals surface area (Å²) in [6, 6.07) is 0. The topological polar surface area (TPSA) is 49.3 Å². The highest BCUT2D eigenvalue weighted by Crippen LogP contribution is 2.35. The highest BCUT2D eigenvalue weighted by atomic mass is 32.2. The average molecular weight is 411 g/mol. The first-order valence-electron chi connectivity index (χ1n) is 11.3. The van der Waals surface area contributed by atoms with Gasteiger partial charge in [0.1, 0.15) is 6.10 Å². The highest BCUT2D eigenvalue weighted by molar-refractivity contribution is 7.99. The van der Waals surface area contributed by atoms with Crippen molar-refractivity contribution in [3.05, 3.63) is 0 Å². The Bertz CT molecular complexity index is 515. The van der Waals surface area contributed by atoms with Crippen LogP contribution in [0.4, 0.5) is 0 Å². The molecule has 3 saturated heterocycles. The van der Waals surface area contributed by atoms with E-state index in [1.807, 2.05) is 7.05 Å². The molecule has 3 heterocycles. The second kappa shape index (κ2) is 10.0. The summed E-state index contributed by atoms with van der Waals surface area (Å²) in [5, 5.41) is 3.79. The average Bonchev–Trinajstić information content (AvgIpc) is 3.31. The zero-order valence-corrected chi connectivity index (χ0v) is 18.4. The Morgan fingerprint density at radius 1 is 1.04 bits per heavy atom. The Balaban J connectivity index is 1.37. The maximum absolute atomic E-state index is 6.04. The monoisotopic (exact) mass is 410 g/mol. The first-order chi connectivity index (χ1) is 13.8. The van der Waals surface area contributed by atoms with Crippen LogP contribution < -0.4 is 5.32 Å². The molecular formula is C21H38N4O2S. The van der Waals surface area contributed by atoms with Crippen molar-refractivity contribution >= 4 is 17.7 Å². The number of guanidine groups is 1. The van der Waals surface area contributed by atoms with Crippen LogP contribution in [0.25, 0.3) is 0 Å². The molecule has 2 atom stereocenters. The Morgan fingerprint density at radius 2 is 1.82 bits per heavy atom. The van der Waals surface area contributed by atoms with E-state index in [0.717, 1.165) is 51.6 Å². The summed E-state index contributed by atoms with van der Waals surface area (Å²) in [5.74, 6) is 3.61. The summed E-state index contributed by atoms with van der Waals surface area (Å²) in [4.78, 5) is 9.82. The van der Waals surface area contributed by atoms with E-state index in [1.54, 1.807) is 0 Å². The Labute approximate surface area is 174 Å². The molecule has 7 heteroatoms. The predicted molar refractivity (Wildman–Crippen MR) is 116 cm³/mol. The van der Waals surface area contributed by atoms with Crippen molar-refractivity contribution in [2.24, 2.45) is 4.99 Å². The van der Waals surface area contributed by atoms with Crippen LogP contribution in [0.2, 0.25) is 0 Å². The van der Waals surface area contributed by atoms with Gasteiger partial charge in [0.25, 0.3) is 0 Å². The van der Waals surface area contributed by atoms with Crippen molar-refractivity contribution in [3.63, 3.8) is 0 Å². The van der Waals surface area contributed by atoms with Gasteiger partial charge in [-0.1, -0.05) is 19.3 Å². The van der Waals surface area contributed by atoms with E-state index in [9.17, 15) is 0 Å². The largest absolute Gasteiger partial charge is 0.375 e. The van der Waals surface area contributed by atoms with Gasteiger partial charge in [0, 0.05) is 63.4 Å². The lowest BCUT2D eigenvalue weighted by atomic mass is 9.80. The Morgan fingerprint density at radius 3 is 2.54 bits per heavy atom. The molecule has 1 aliphatic carbocycles. The van der Waals surface area contributed by atoms with E-state index in [-0.39, 0.29) is 12.2 Å². The van der Waals surface area contributed by atoms with E-state index in [1.165, 1.54) is 56.7 Å². The smallest absolute Gasteiger partial charge is 0.193 e. The molecule has 4 aliphatic rings. The number of hydrogen-bond donors (Lipinski definition) is 1. The van der Waals surface area contributed by atoms with Gasteiger partial charge in [-0.05, 0) is 25.7 Å². The highest BCUT2D eigenvalue weighted by Gasteiger charge is 2.39. The van der Waals surface area contributed by atoms with Crippen LogP contribution in [-0.4, -0.2) is 98.0 Å². The molecule has 0 aromatic carbocycles. The third kappa shape index (κ3) is 4.79. The minimum absolute atomic E-state index is 0.178. The fraction of sp³-hybridized carbons (Fsp3) is 0.952. The van der Waals surface area contributed by atoms with Crippen molar-refractivity contribution in [2.75, 3.05) is 64.5 Å². The van der Waals surface area contributed by atoms with Crippen molar-refractivity contribution in [1.29, 1.82) is 0 Å². The van der Waals surface area contributed by atoms with E-state index >= 15 is 0 Å². The molecule has 160 valence electrons. The number of nitrogens with one attached hydrogen (secondary N) is 1. The minimum Gasteiger partial charge on any atom is -0.375 e. The van der Waals surface area contributed by atoms with Crippen LogP contribution in [0.15, 0.2) is 4.99 Å². The van der Waals surface area contributed by atoms with E-state index in [4.69, 9.17) is 9.47 Å². The number of hydrogen-bond acceptors (Lipinski definition) is 5. The first kappa shape index (κ1) is 20.8. The minimum atomic E-state index is 0.178. The molecule has 4 fully saturated rings. The van der Waals surface area contributed by atoms with Crippen molar-refractivity contribution in [3.8, 4) is 0 Å². The molecule has 28 heavy (non-hydrogen) atoms. The van der Waals surface area contributed by atoms with Crippen molar-refractivity contribution in [2.45, 2.75) is 62.7 Å². The zero-order valence-electron chi connectivity index (χ0n) is 17.5. The van der Waals surface area contributed by atoms with Gasteiger partial charge in [-0.25, -0.2) is 0 Å². The SMILES string of the molecule is CN=C(NCC1(N2CCSCC2)CCCCC1)N1CCOC(C2CCCO2)C1. The Kier molecular flexibility index (Phi) is 7.42. The summed E-state index contributed by atoms with van der Waals surface area (Å²) < 4.78 is 11.9. The van der Waals surface area contributed by atoms with Crippen molar-refractivity contribution in [1.82, 2.24) is 15.1 Å². The van der Waals surface area contributed by atoms with Crippen LogP contribution in [0.5, 0.6) is 0 Å². The molecule has 4 rings (SSSR count). The van der Waals surface area contributed by atoms with Gasteiger partial charge in [-0.2, -0.15) is 11.8 Å². The van der Waals surface area contributed by atoms with Crippen LogP contribution in [0.1, 0.15) is 44.9 Å². The van der Waals surface area contributed by atoms with E-state index in [0.29, 0.717) is 5.54 Å². The number of rotatable bonds is 4. The Hall–Kier alpha value is -0.500. The molecule has 0 spiro atoms. The summed E-state index contributed by atoms with van der Waals surface area (Å²) in [6.07, 6.45) is 9.49. The van der Waals surface area contributed by atoms with Crippen LogP contribution in [0, 0.1) is 0 Å². The number of morpholine rings is 1. The molecule has 0 aromatic rings. The zero-order chi connectivity index (χ0) is 19.2. The second-order valence-corrected chi connectivity index (χ2v) is 9.92. The number of aliphatic imine (C=N–C) groups is 1. The molecule has 2 unspecified atom stereocenters. The molecule has 0 bridgehead atoms. The third-order valence-corrected chi connectivity index (χ3v) is 7.97. The normalized spacial score (nSPS) is 32.5. The number of thioether (sulfide) groups is 1. The van der Waals surface area contributed by atoms with Crippen LogP contribution >= 0.6 is 11.8 Å². The molecule has 1 saturated carbocycles. The van der Waals surface area contributed by atoms with Crippen LogP contribution in [-0.2, 0) is 9.47 Å². The van der Waals surface area contributed by atoms with Gasteiger partial charge in [0.15, 0.2) is 5.96 Å².